The highest BCUT2D eigenvalue weighted by Crippen LogP contribution is 2.12. The van der Waals surface area contributed by atoms with Crippen molar-refractivity contribution in [3.05, 3.63) is 35.6 Å². The smallest absolute Gasteiger partial charge is 0.229 e. The van der Waals surface area contributed by atoms with Gasteiger partial charge in [0.15, 0.2) is 0 Å². The summed E-state index contributed by atoms with van der Waals surface area (Å²) in [5.74, 6) is 1.70. The summed E-state index contributed by atoms with van der Waals surface area (Å²) in [7, 11) is 0. The summed E-state index contributed by atoms with van der Waals surface area (Å²) in [6.07, 6.45) is 1.01. The van der Waals surface area contributed by atoms with Crippen molar-refractivity contribution in [2.75, 3.05) is 62.0 Å². The molecule has 2 aromatic rings. The highest BCUT2D eigenvalue weighted by molar-refractivity contribution is 5.42. The van der Waals surface area contributed by atoms with Crippen LogP contribution in [0.2, 0.25) is 0 Å². The molecule has 0 amide bonds. The molecule has 1 aromatic heterocycles. The predicted molar refractivity (Wildman–Crippen MR) is 121 cm³/mol. The van der Waals surface area contributed by atoms with Gasteiger partial charge in [0.25, 0.3) is 0 Å². The van der Waals surface area contributed by atoms with Gasteiger partial charge in [-0.25, -0.2) is 4.39 Å². The van der Waals surface area contributed by atoms with Crippen LogP contribution in [0.3, 0.4) is 0 Å². The normalized spacial score (nSPS) is 11.0. The van der Waals surface area contributed by atoms with E-state index in [4.69, 9.17) is 15.2 Å². The Balaban J connectivity index is 1.88. The second-order valence-electron chi connectivity index (χ2n) is 7.34. The summed E-state index contributed by atoms with van der Waals surface area (Å²) in [6.45, 7) is 8.67. The van der Waals surface area contributed by atoms with Crippen LogP contribution in [0.5, 0.6) is 0 Å². The molecule has 9 nitrogen and oxygen atoms in total. The van der Waals surface area contributed by atoms with E-state index in [-0.39, 0.29) is 5.82 Å². The van der Waals surface area contributed by atoms with Crippen LogP contribution >= 0.6 is 0 Å². The molecule has 1 heterocycles. The largest absolute Gasteiger partial charge is 0.378 e. The Morgan fingerprint density at radius 3 is 2.03 bits per heavy atom. The first-order valence-corrected chi connectivity index (χ1v) is 10.6. The third-order valence-electron chi connectivity index (χ3n) is 4.17. The Kier molecular flexibility index (Phi) is 11.5. The lowest BCUT2D eigenvalue weighted by molar-refractivity contribution is 0.0547. The van der Waals surface area contributed by atoms with Gasteiger partial charge in [-0.2, -0.15) is 15.0 Å². The lowest BCUT2D eigenvalue weighted by Crippen LogP contribution is -2.17. The standard InChI is InChI=1S/C21H34FN7O2/c1-16(2)7-9-24-19-27-20(25-10-12-31-14-13-30-11-8-23)29-21(28-19)26-15-17-3-5-18(22)6-4-17/h3-6,16H,7-15,23H2,1-2H3,(H3,24,25,26,27,28,29). The van der Waals surface area contributed by atoms with E-state index in [1.807, 2.05) is 0 Å². The molecule has 1 aromatic carbocycles. The number of hydrogen-bond donors (Lipinski definition) is 4. The fraction of sp³-hybridized carbons (Fsp3) is 0.571. The zero-order chi connectivity index (χ0) is 22.3. The van der Waals surface area contributed by atoms with E-state index < -0.39 is 0 Å². The number of halogens is 1. The molecule has 0 bridgehead atoms. The van der Waals surface area contributed by atoms with Crippen molar-refractivity contribution in [1.82, 2.24) is 15.0 Å². The maximum Gasteiger partial charge on any atom is 0.229 e. The maximum absolute atomic E-state index is 13.1. The molecule has 5 N–H and O–H groups in total. The SMILES string of the molecule is CC(C)CCNc1nc(NCCOCCOCCN)nc(NCc2ccc(F)cc2)n1. The first-order chi connectivity index (χ1) is 15.1. The molecule has 0 saturated heterocycles. The van der Waals surface area contributed by atoms with E-state index in [0.717, 1.165) is 18.5 Å². The lowest BCUT2D eigenvalue weighted by atomic mass is 10.1. The summed E-state index contributed by atoms with van der Waals surface area (Å²) in [4.78, 5) is 13.3. The Hall–Kier alpha value is -2.56. The average Bonchev–Trinajstić information content (AvgIpc) is 2.75. The number of rotatable bonds is 16. The molecule has 0 fully saturated rings. The highest BCUT2D eigenvalue weighted by Gasteiger charge is 2.07. The fourth-order valence-corrected chi connectivity index (χ4v) is 2.51. The molecule has 31 heavy (non-hydrogen) atoms. The molecule has 0 spiro atoms. The zero-order valence-corrected chi connectivity index (χ0v) is 18.4. The second-order valence-corrected chi connectivity index (χ2v) is 7.34. The van der Waals surface area contributed by atoms with Gasteiger partial charge in [0.05, 0.1) is 26.4 Å². The summed E-state index contributed by atoms with van der Waals surface area (Å²) in [5.41, 5.74) is 6.29. The number of aromatic nitrogens is 3. The van der Waals surface area contributed by atoms with Crippen molar-refractivity contribution in [3.63, 3.8) is 0 Å². The van der Waals surface area contributed by atoms with Gasteiger partial charge in [0, 0.05) is 26.2 Å². The molecular weight excluding hydrogens is 401 g/mol. The number of anilines is 3. The molecule has 0 aliphatic rings. The van der Waals surface area contributed by atoms with Crippen LogP contribution in [-0.4, -0.2) is 61.0 Å². The summed E-state index contributed by atoms with van der Waals surface area (Å²) in [5, 5.41) is 9.57. The van der Waals surface area contributed by atoms with Crippen molar-refractivity contribution >= 4 is 17.8 Å². The van der Waals surface area contributed by atoms with Crippen LogP contribution < -0.4 is 21.7 Å². The Morgan fingerprint density at radius 1 is 0.839 bits per heavy atom. The second kappa shape index (κ2) is 14.4. The van der Waals surface area contributed by atoms with Crippen molar-refractivity contribution < 1.29 is 13.9 Å². The van der Waals surface area contributed by atoms with Crippen LogP contribution in [-0.2, 0) is 16.0 Å². The van der Waals surface area contributed by atoms with Crippen LogP contribution in [0.4, 0.5) is 22.2 Å². The molecule has 10 heteroatoms. The number of benzene rings is 1. The predicted octanol–water partition coefficient (Wildman–Crippen LogP) is 2.48. The average molecular weight is 436 g/mol. The summed E-state index contributed by atoms with van der Waals surface area (Å²) >= 11 is 0. The van der Waals surface area contributed by atoms with Crippen molar-refractivity contribution in [3.8, 4) is 0 Å². The Labute approximate surface area is 183 Å². The van der Waals surface area contributed by atoms with E-state index in [1.54, 1.807) is 12.1 Å². The van der Waals surface area contributed by atoms with Crippen LogP contribution in [0, 0.1) is 11.7 Å². The molecule has 0 aliphatic carbocycles. The van der Waals surface area contributed by atoms with Crippen molar-refractivity contribution in [2.45, 2.75) is 26.8 Å². The molecule has 0 saturated carbocycles. The Bertz CT molecular complexity index is 747. The zero-order valence-electron chi connectivity index (χ0n) is 18.4. The van der Waals surface area contributed by atoms with E-state index in [9.17, 15) is 4.39 Å². The molecular formula is C21H34FN7O2. The van der Waals surface area contributed by atoms with E-state index in [0.29, 0.717) is 69.8 Å². The molecule has 0 atom stereocenters. The fourth-order valence-electron chi connectivity index (χ4n) is 2.51. The van der Waals surface area contributed by atoms with Gasteiger partial charge in [0.1, 0.15) is 5.82 Å². The monoisotopic (exact) mass is 435 g/mol. The van der Waals surface area contributed by atoms with E-state index in [1.165, 1.54) is 12.1 Å². The van der Waals surface area contributed by atoms with E-state index >= 15 is 0 Å². The number of nitrogens with zero attached hydrogens (tertiary/aromatic N) is 3. The van der Waals surface area contributed by atoms with Gasteiger partial charge in [-0.05, 0) is 30.0 Å². The maximum atomic E-state index is 13.1. The third kappa shape index (κ3) is 10.9. The molecule has 0 aliphatic heterocycles. The lowest BCUT2D eigenvalue weighted by Gasteiger charge is -2.12. The summed E-state index contributed by atoms with van der Waals surface area (Å²) in [6, 6.07) is 6.30. The third-order valence-corrected chi connectivity index (χ3v) is 4.17. The first kappa shape index (κ1) is 24.7. The molecule has 0 radical (unpaired) electrons. The van der Waals surface area contributed by atoms with Gasteiger partial charge in [-0.15, -0.1) is 0 Å². The minimum Gasteiger partial charge on any atom is -0.378 e. The quantitative estimate of drug-likeness (QED) is 0.295. The Morgan fingerprint density at radius 2 is 1.42 bits per heavy atom. The van der Waals surface area contributed by atoms with Gasteiger partial charge in [-0.3, -0.25) is 0 Å². The first-order valence-electron chi connectivity index (χ1n) is 10.6. The number of nitrogens with one attached hydrogen (secondary N) is 3. The molecule has 2 rings (SSSR count). The molecule has 0 unspecified atom stereocenters. The van der Waals surface area contributed by atoms with Crippen molar-refractivity contribution in [1.29, 1.82) is 0 Å². The van der Waals surface area contributed by atoms with Gasteiger partial charge in [-0.1, -0.05) is 26.0 Å². The van der Waals surface area contributed by atoms with E-state index in [2.05, 4.69) is 44.7 Å². The van der Waals surface area contributed by atoms with Gasteiger partial charge in [0.2, 0.25) is 17.8 Å². The highest BCUT2D eigenvalue weighted by atomic mass is 19.1. The van der Waals surface area contributed by atoms with Gasteiger partial charge < -0.3 is 31.2 Å². The minimum absolute atomic E-state index is 0.264. The minimum atomic E-state index is -0.264. The number of ether oxygens (including phenoxy) is 2. The number of hydrogen-bond acceptors (Lipinski definition) is 9. The van der Waals surface area contributed by atoms with Crippen LogP contribution in [0.15, 0.2) is 24.3 Å². The van der Waals surface area contributed by atoms with Gasteiger partial charge >= 0.3 is 0 Å². The number of nitrogens with two attached hydrogens (primary N) is 1. The molecule has 172 valence electrons. The van der Waals surface area contributed by atoms with Crippen LogP contribution in [0.1, 0.15) is 25.8 Å². The van der Waals surface area contributed by atoms with Crippen LogP contribution in [0.25, 0.3) is 0 Å². The topological polar surface area (TPSA) is 119 Å². The van der Waals surface area contributed by atoms with Crippen molar-refractivity contribution in [2.24, 2.45) is 11.7 Å². The summed E-state index contributed by atoms with van der Waals surface area (Å²) < 4.78 is 23.9.